The molecule has 0 amide bonds. The topological polar surface area (TPSA) is 52.0 Å². The molecule has 1 heterocycles. The van der Waals surface area contributed by atoms with Crippen molar-refractivity contribution in [2.24, 2.45) is 0 Å². The van der Waals surface area contributed by atoms with Crippen LogP contribution in [0, 0.1) is 6.92 Å². The summed E-state index contributed by atoms with van der Waals surface area (Å²) in [5, 5.41) is 0.737. The van der Waals surface area contributed by atoms with Crippen LogP contribution in [0.15, 0.2) is 59.8 Å². The molecule has 0 N–H and O–H groups in total. The molecule has 1 aromatic heterocycles. The molecule has 7 heteroatoms. The highest BCUT2D eigenvalue weighted by Gasteiger charge is 2.21. The molecule has 118 valence electrons. The molecule has 0 bridgehead atoms. The summed E-state index contributed by atoms with van der Waals surface area (Å²) in [6.07, 6.45) is 2.84. The summed E-state index contributed by atoms with van der Waals surface area (Å²) >= 11 is 11.9. The smallest absolute Gasteiger partial charge is 0.236 e. The van der Waals surface area contributed by atoms with Crippen molar-refractivity contribution in [3.8, 4) is 11.4 Å². The summed E-state index contributed by atoms with van der Waals surface area (Å²) in [6.45, 7) is 1.90. The van der Waals surface area contributed by atoms with Gasteiger partial charge in [-0.1, -0.05) is 40.9 Å². The lowest BCUT2D eigenvalue weighted by molar-refractivity contribution is 0.588. The van der Waals surface area contributed by atoms with Crippen molar-refractivity contribution in [3.05, 3.63) is 70.5 Å². The maximum atomic E-state index is 12.8. The van der Waals surface area contributed by atoms with Gasteiger partial charge >= 0.3 is 0 Å². The molecule has 0 aliphatic heterocycles. The molecule has 23 heavy (non-hydrogen) atoms. The summed E-state index contributed by atoms with van der Waals surface area (Å²) in [7, 11) is -3.74. The van der Waals surface area contributed by atoms with Crippen LogP contribution in [0.2, 0.25) is 10.0 Å². The Morgan fingerprint density at radius 1 is 1.00 bits per heavy atom. The molecule has 3 aromatic rings. The van der Waals surface area contributed by atoms with Crippen molar-refractivity contribution in [1.29, 1.82) is 0 Å². The lowest BCUT2D eigenvalue weighted by atomic mass is 10.2. The fourth-order valence-corrected chi connectivity index (χ4v) is 3.75. The highest BCUT2D eigenvalue weighted by Crippen LogP contribution is 2.29. The molecule has 0 saturated heterocycles. The van der Waals surface area contributed by atoms with Gasteiger partial charge in [-0.2, -0.15) is 0 Å². The number of hydrogen-bond donors (Lipinski definition) is 0. The highest BCUT2D eigenvalue weighted by molar-refractivity contribution is 7.90. The first-order chi connectivity index (χ1) is 10.9. The SMILES string of the molecule is Cc1ccc(S(=O)(=O)n2ccnc2-c2ccc(Cl)c(Cl)c2)cc1. The van der Waals surface area contributed by atoms with E-state index >= 15 is 0 Å². The zero-order valence-corrected chi connectivity index (χ0v) is 14.4. The van der Waals surface area contributed by atoms with E-state index in [0.717, 1.165) is 9.54 Å². The molecular formula is C16H12Cl2N2O2S. The van der Waals surface area contributed by atoms with E-state index in [9.17, 15) is 8.42 Å². The Bertz CT molecular complexity index is 964. The lowest BCUT2D eigenvalue weighted by Gasteiger charge is -2.10. The summed E-state index contributed by atoms with van der Waals surface area (Å²) in [5.41, 5.74) is 1.55. The summed E-state index contributed by atoms with van der Waals surface area (Å²) in [5.74, 6) is 0.282. The van der Waals surface area contributed by atoms with Crippen molar-refractivity contribution in [2.75, 3.05) is 0 Å². The Kier molecular flexibility index (Phi) is 4.19. The first-order valence-corrected chi connectivity index (χ1v) is 8.90. The molecule has 3 rings (SSSR count). The molecule has 0 fully saturated rings. The predicted octanol–water partition coefficient (Wildman–Crippen LogP) is 4.40. The van der Waals surface area contributed by atoms with Crippen LogP contribution in [0.1, 0.15) is 5.56 Å². The number of imidazole rings is 1. The van der Waals surface area contributed by atoms with Gasteiger partial charge in [0.05, 0.1) is 14.9 Å². The summed E-state index contributed by atoms with van der Waals surface area (Å²) in [6, 6.07) is 11.5. The van der Waals surface area contributed by atoms with Crippen molar-refractivity contribution in [3.63, 3.8) is 0 Å². The second-order valence-corrected chi connectivity index (χ2v) is 7.62. The largest absolute Gasteiger partial charge is 0.269 e. The van der Waals surface area contributed by atoms with E-state index in [2.05, 4.69) is 4.98 Å². The summed E-state index contributed by atoms with van der Waals surface area (Å²) < 4.78 is 26.8. The number of halogens is 2. The first kappa shape index (κ1) is 16.1. The Labute approximate surface area is 144 Å². The van der Waals surface area contributed by atoms with Gasteiger partial charge in [0.2, 0.25) is 0 Å². The normalized spacial score (nSPS) is 11.6. The second-order valence-electron chi connectivity index (χ2n) is 4.99. The van der Waals surface area contributed by atoms with E-state index in [0.29, 0.717) is 15.6 Å². The van der Waals surface area contributed by atoms with E-state index in [1.54, 1.807) is 42.5 Å². The number of rotatable bonds is 3. The number of aromatic nitrogens is 2. The number of benzene rings is 2. The third-order valence-corrected chi connectivity index (χ3v) is 5.78. The zero-order valence-electron chi connectivity index (χ0n) is 12.1. The standard InChI is InChI=1S/C16H12Cl2N2O2S/c1-11-2-5-13(6-3-11)23(21,22)20-9-8-19-16(20)12-4-7-14(17)15(18)10-12/h2-10H,1H3. The Morgan fingerprint density at radius 3 is 2.35 bits per heavy atom. The van der Waals surface area contributed by atoms with Crippen LogP contribution in [0.25, 0.3) is 11.4 Å². The average Bonchev–Trinajstić information content (AvgIpc) is 3.01. The maximum Gasteiger partial charge on any atom is 0.269 e. The molecule has 2 aromatic carbocycles. The Hall–Kier alpha value is -1.82. The minimum atomic E-state index is -3.74. The van der Waals surface area contributed by atoms with Gasteiger partial charge in [-0.3, -0.25) is 0 Å². The lowest BCUT2D eigenvalue weighted by Crippen LogP contribution is -2.13. The van der Waals surface area contributed by atoms with Crippen LogP contribution < -0.4 is 0 Å². The monoisotopic (exact) mass is 366 g/mol. The molecule has 0 spiro atoms. The maximum absolute atomic E-state index is 12.8. The van der Waals surface area contributed by atoms with Crippen molar-refractivity contribution in [1.82, 2.24) is 8.96 Å². The van der Waals surface area contributed by atoms with Crippen LogP contribution in [0.4, 0.5) is 0 Å². The van der Waals surface area contributed by atoms with Crippen LogP contribution in [-0.4, -0.2) is 17.4 Å². The molecule has 0 saturated carbocycles. The fourth-order valence-electron chi connectivity index (χ4n) is 2.15. The van der Waals surface area contributed by atoms with E-state index < -0.39 is 10.0 Å². The predicted molar refractivity (Wildman–Crippen MR) is 91.4 cm³/mol. The van der Waals surface area contributed by atoms with E-state index in [1.165, 1.54) is 12.4 Å². The van der Waals surface area contributed by atoms with Gasteiger partial charge in [-0.25, -0.2) is 17.4 Å². The van der Waals surface area contributed by atoms with Gasteiger partial charge in [0.15, 0.2) is 5.82 Å². The molecule has 0 atom stereocenters. The van der Waals surface area contributed by atoms with Crippen LogP contribution in [0.5, 0.6) is 0 Å². The zero-order chi connectivity index (χ0) is 16.6. The van der Waals surface area contributed by atoms with Crippen molar-refractivity contribution in [2.45, 2.75) is 11.8 Å². The molecule has 0 aliphatic carbocycles. The fraction of sp³-hybridized carbons (Fsp3) is 0.0625. The van der Waals surface area contributed by atoms with Gasteiger partial charge in [0, 0.05) is 18.0 Å². The third kappa shape index (κ3) is 3.00. The molecule has 0 radical (unpaired) electrons. The van der Waals surface area contributed by atoms with E-state index in [1.807, 2.05) is 6.92 Å². The molecule has 0 unspecified atom stereocenters. The van der Waals surface area contributed by atoms with Gasteiger partial charge in [0.1, 0.15) is 0 Å². The second kappa shape index (κ2) is 6.00. The van der Waals surface area contributed by atoms with Crippen molar-refractivity contribution < 1.29 is 8.42 Å². The van der Waals surface area contributed by atoms with Gasteiger partial charge in [0.25, 0.3) is 10.0 Å². The van der Waals surface area contributed by atoms with Crippen molar-refractivity contribution >= 4 is 33.2 Å². The Balaban J connectivity index is 2.13. The van der Waals surface area contributed by atoms with Crippen LogP contribution >= 0.6 is 23.2 Å². The average molecular weight is 367 g/mol. The molecular weight excluding hydrogens is 355 g/mol. The van der Waals surface area contributed by atoms with E-state index in [4.69, 9.17) is 23.2 Å². The summed E-state index contributed by atoms with van der Waals surface area (Å²) in [4.78, 5) is 4.35. The van der Waals surface area contributed by atoms with Crippen LogP contribution in [0.3, 0.4) is 0 Å². The number of nitrogens with zero attached hydrogens (tertiary/aromatic N) is 2. The molecule has 0 aliphatic rings. The number of hydrogen-bond acceptors (Lipinski definition) is 3. The van der Waals surface area contributed by atoms with E-state index in [-0.39, 0.29) is 10.7 Å². The number of aryl methyl sites for hydroxylation is 1. The quantitative estimate of drug-likeness (QED) is 0.689. The Morgan fingerprint density at radius 2 is 1.70 bits per heavy atom. The molecule has 4 nitrogen and oxygen atoms in total. The third-order valence-electron chi connectivity index (χ3n) is 3.36. The minimum absolute atomic E-state index is 0.197. The van der Waals surface area contributed by atoms with Gasteiger partial charge in [-0.05, 0) is 37.3 Å². The first-order valence-electron chi connectivity index (χ1n) is 6.70. The van der Waals surface area contributed by atoms with Gasteiger partial charge in [-0.15, -0.1) is 0 Å². The van der Waals surface area contributed by atoms with Crippen LogP contribution in [-0.2, 0) is 10.0 Å². The highest BCUT2D eigenvalue weighted by atomic mass is 35.5. The minimum Gasteiger partial charge on any atom is -0.236 e. The van der Waals surface area contributed by atoms with Gasteiger partial charge < -0.3 is 0 Å².